The van der Waals surface area contributed by atoms with E-state index < -0.39 is 94.4 Å². The van der Waals surface area contributed by atoms with Gasteiger partial charge in [0.05, 0.1) is 19.8 Å². The van der Waals surface area contributed by atoms with Crippen LogP contribution in [0.2, 0.25) is 0 Å². The maximum absolute atomic E-state index is 14.7. The number of amides is 1. The molecule has 0 radical (unpaired) electrons. The molecule has 1 aromatic rings. The Hall–Kier alpha value is -2.11. The van der Waals surface area contributed by atoms with Crippen LogP contribution in [0.5, 0.6) is 0 Å². The Kier molecular flexibility index (Phi) is 13.3. The van der Waals surface area contributed by atoms with Crippen LogP contribution in [0.3, 0.4) is 0 Å². The van der Waals surface area contributed by atoms with Gasteiger partial charge in [-0.2, -0.15) is 0 Å². The van der Waals surface area contributed by atoms with E-state index in [1.165, 1.54) is 0 Å². The number of rotatable bonds is 12. The Morgan fingerprint density at radius 2 is 1.00 bits per heavy atom. The van der Waals surface area contributed by atoms with Crippen molar-refractivity contribution in [2.45, 2.75) is 237 Å². The molecule has 3 spiro atoms. The second kappa shape index (κ2) is 19.0. The zero-order valence-electron chi connectivity index (χ0n) is 47.4. The highest BCUT2D eigenvalue weighted by atomic mass is 17.3. The molecule has 12 heterocycles. The summed E-state index contributed by atoms with van der Waals surface area (Å²) in [6, 6.07) is 9.61. The molecular formula is C59H87NO17. The number of fused-ring (bicyclic) bond motifs is 6. The maximum atomic E-state index is 14.7. The van der Waals surface area contributed by atoms with Crippen LogP contribution in [0.4, 0.5) is 4.79 Å². The summed E-state index contributed by atoms with van der Waals surface area (Å²) in [5.74, 6) is -2.01. The third-order valence-corrected chi connectivity index (χ3v) is 23.0. The molecular weight excluding hydrogens is 995 g/mol. The smallest absolute Gasteiger partial charge is 0.408 e. The molecule has 15 fully saturated rings. The van der Waals surface area contributed by atoms with Crippen molar-refractivity contribution in [2.75, 3.05) is 19.8 Å². The molecule has 16 rings (SSSR count). The minimum atomic E-state index is -1.46. The SMILES string of the molecule is C[C@@H]1CC[C@H]2[C@@H](C)C(OCC(COC3O[C@@H]4O[C@@]5(C)CC[C@H]6[C@H](C)CC[C@@](C)([C@H]3C)[C@@]46OO5)(COC3O[C@@H]4O[C@@]5(C)CC[C@H]6[C@H](C)CC[C@@](C)([C@H]3C)[C@@]46OO5)NC(=O)OCc3ccccc3)O[C@@H]3O[C@@]4(C)CC[C@@H]1[C@]32OO4. The highest BCUT2D eigenvalue weighted by molar-refractivity contribution is 5.68. The molecule has 0 aromatic heterocycles. The number of hydrogen-bond acceptors (Lipinski definition) is 17. The molecule has 24 atom stereocenters. The molecule has 3 saturated carbocycles. The average Bonchev–Trinajstić information content (AvgIpc) is 3.54. The highest BCUT2D eigenvalue weighted by Gasteiger charge is 2.77. The number of ether oxygens (including phenoxy) is 10. The van der Waals surface area contributed by atoms with Gasteiger partial charge in [-0.1, -0.05) is 85.7 Å². The standard InChI is InChI=1S/C59H87NO17/c1-33-17-18-43-36(4)44(66-47-57(43)40(33)21-26-53(9,69-47)72-75-57)63-30-56(60-50(61)62-29-39-15-13-12-14-16-39,31-64-45-37(5)51(7)24-19-34(2)41-22-27-54(10)70-48(67-45)58(41,51)76-73-54)32-65-46-38(6)52(8)25-20-35(3)42-23-28-55(11)71-49(68-46)59(42,52)77-74-55/h12-16,33-38,40-49H,17-32H2,1-11H3,(H,60,61)/t33-,34-,35-,36-,37+,38+,40+,41+,42+,43+,44?,45?,46?,47-,48-,49-,51+,52+,53-,54-,55-,56?,57-,58+,59+/m1/s1. The second-order valence-electron chi connectivity index (χ2n) is 27.5. The summed E-state index contributed by atoms with van der Waals surface area (Å²) in [6.45, 7) is 23.3. The summed E-state index contributed by atoms with van der Waals surface area (Å²) >= 11 is 0. The van der Waals surface area contributed by atoms with Crippen LogP contribution in [0, 0.1) is 70.0 Å². The van der Waals surface area contributed by atoms with Gasteiger partial charge in [-0.3, -0.25) is 0 Å². The van der Waals surface area contributed by atoms with Crippen molar-refractivity contribution in [2.24, 2.45) is 70.0 Å². The van der Waals surface area contributed by atoms with Crippen LogP contribution in [-0.2, 0) is 83.3 Å². The van der Waals surface area contributed by atoms with Gasteiger partial charge in [0.25, 0.3) is 0 Å². The summed E-state index contributed by atoms with van der Waals surface area (Å²) in [7, 11) is 0. The van der Waals surface area contributed by atoms with Crippen molar-refractivity contribution >= 4 is 6.09 Å². The first-order valence-electron chi connectivity index (χ1n) is 29.6. The van der Waals surface area contributed by atoms with E-state index in [2.05, 4.69) is 60.7 Å². The second-order valence-corrected chi connectivity index (χ2v) is 27.5. The molecule has 1 aromatic carbocycles. The average molecular weight is 1080 g/mol. The molecule has 12 saturated heterocycles. The van der Waals surface area contributed by atoms with Gasteiger partial charge in [0.1, 0.15) is 12.1 Å². The molecule has 1 amide bonds. The van der Waals surface area contributed by atoms with Gasteiger partial charge in [-0.25, -0.2) is 34.1 Å². The van der Waals surface area contributed by atoms with Gasteiger partial charge < -0.3 is 52.7 Å². The Bertz CT molecular complexity index is 2280. The molecule has 1 N–H and O–H groups in total. The fraction of sp³-hybridized carbons (Fsp3) is 0.881. The molecule has 12 aliphatic heterocycles. The highest BCUT2D eigenvalue weighted by Crippen LogP contribution is 2.68. The first kappa shape index (κ1) is 54.2. The van der Waals surface area contributed by atoms with Crippen molar-refractivity contribution in [1.29, 1.82) is 0 Å². The predicted molar refractivity (Wildman–Crippen MR) is 270 cm³/mol. The molecule has 18 nitrogen and oxygen atoms in total. The zero-order valence-corrected chi connectivity index (χ0v) is 47.4. The number of hydrogen-bond donors (Lipinski definition) is 1. The third-order valence-electron chi connectivity index (χ3n) is 23.0. The summed E-state index contributed by atoms with van der Waals surface area (Å²) in [5.41, 5.74) is -4.11. The summed E-state index contributed by atoms with van der Waals surface area (Å²) in [5, 5.41) is 3.29. The molecule has 430 valence electrons. The third kappa shape index (κ3) is 8.12. The lowest BCUT2D eigenvalue weighted by Gasteiger charge is -2.65. The van der Waals surface area contributed by atoms with E-state index in [1.807, 2.05) is 51.1 Å². The van der Waals surface area contributed by atoms with E-state index in [1.54, 1.807) is 0 Å². The van der Waals surface area contributed by atoms with Gasteiger partial charge in [-0.05, 0) is 120 Å². The molecule has 3 unspecified atom stereocenters. The fourth-order valence-electron chi connectivity index (χ4n) is 17.7. The maximum Gasteiger partial charge on any atom is 0.408 e. The van der Waals surface area contributed by atoms with E-state index in [9.17, 15) is 4.79 Å². The van der Waals surface area contributed by atoms with Crippen molar-refractivity contribution in [3.8, 4) is 0 Å². The van der Waals surface area contributed by atoms with Crippen molar-refractivity contribution in [1.82, 2.24) is 5.32 Å². The number of carbonyl (C=O) groups is 1. The van der Waals surface area contributed by atoms with Gasteiger partial charge in [-0.15, -0.1) is 0 Å². The minimum Gasteiger partial charge on any atom is -0.445 e. The van der Waals surface area contributed by atoms with Gasteiger partial charge in [0, 0.05) is 53.8 Å². The zero-order chi connectivity index (χ0) is 53.8. The fourth-order valence-corrected chi connectivity index (χ4v) is 17.7. The minimum absolute atomic E-state index is 0.00935. The summed E-state index contributed by atoms with van der Waals surface area (Å²) in [6.07, 6.45) is 4.92. The quantitative estimate of drug-likeness (QED) is 0.195. The van der Waals surface area contributed by atoms with Crippen molar-refractivity contribution in [3.05, 3.63) is 35.9 Å². The molecule has 3 aliphatic carbocycles. The Labute approximate surface area is 454 Å². The predicted octanol–water partition coefficient (Wildman–Crippen LogP) is 10.1. The number of carbonyl (C=O) groups excluding carboxylic acids is 1. The topological polar surface area (TPSA) is 177 Å². The van der Waals surface area contributed by atoms with Crippen LogP contribution < -0.4 is 5.32 Å². The Morgan fingerprint density at radius 1 is 0.532 bits per heavy atom. The van der Waals surface area contributed by atoms with Crippen LogP contribution in [0.1, 0.15) is 159 Å². The Balaban J connectivity index is 0.847. The first-order valence-corrected chi connectivity index (χ1v) is 29.6. The van der Waals surface area contributed by atoms with Gasteiger partial charge in [0.2, 0.25) is 17.4 Å². The van der Waals surface area contributed by atoms with E-state index in [0.717, 1.165) is 63.4 Å². The largest absolute Gasteiger partial charge is 0.445 e. The number of alkyl carbamates (subject to hydrolysis) is 1. The lowest BCUT2D eigenvalue weighted by Crippen LogP contribution is -2.75. The lowest BCUT2D eigenvalue weighted by atomic mass is 9.50. The van der Waals surface area contributed by atoms with Crippen LogP contribution in [-0.4, -0.2) is 103 Å². The molecule has 15 aliphatic rings. The van der Waals surface area contributed by atoms with Crippen molar-refractivity contribution < 1.29 is 81.5 Å². The number of nitrogens with one attached hydrogen (secondary N) is 1. The summed E-state index contributed by atoms with van der Waals surface area (Å²) < 4.78 is 69.3. The van der Waals surface area contributed by atoms with E-state index >= 15 is 0 Å². The monoisotopic (exact) mass is 1080 g/mol. The van der Waals surface area contributed by atoms with Gasteiger partial charge >= 0.3 is 6.09 Å². The van der Waals surface area contributed by atoms with Crippen LogP contribution in [0.15, 0.2) is 30.3 Å². The lowest BCUT2D eigenvalue weighted by molar-refractivity contribution is -0.588. The Morgan fingerprint density at radius 3 is 1.55 bits per heavy atom. The normalized spacial score (nSPS) is 53.9. The first-order chi connectivity index (χ1) is 36.6. The van der Waals surface area contributed by atoms with E-state index in [0.29, 0.717) is 37.0 Å². The van der Waals surface area contributed by atoms with Crippen LogP contribution >= 0.6 is 0 Å². The molecule has 6 bridgehead atoms. The van der Waals surface area contributed by atoms with E-state index in [4.69, 9.17) is 76.7 Å². The number of benzene rings is 1. The summed E-state index contributed by atoms with van der Waals surface area (Å²) in [4.78, 5) is 53.1. The molecule has 18 heteroatoms. The van der Waals surface area contributed by atoms with Gasteiger partial charge in [0.15, 0.2) is 54.5 Å². The van der Waals surface area contributed by atoms with Crippen molar-refractivity contribution in [3.63, 3.8) is 0 Å². The van der Waals surface area contributed by atoms with E-state index in [-0.39, 0.29) is 67.9 Å². The molecule has 77 heavy (non-hydrogen) atoms. The van der Waals surface area contributed by atoms with Crippen LogP contribution in [0.25, 0.3) is 0 Å².